The quantitative estimate of drug-likeness (QED) is 0.378. The summed E-state index contributed by atoms with van der Waals surface area (Å²) in [7, 11) is 0. The molecule has 0 aliphatic carbocycles. The van der Waals surface area contributed by atoms with Gasteiger partial charge in [0.15, 0.2) is 5.78 Å². The number of rotatable bonds is 6. The Kier molecular flexibility index (Phi) is 6.64. The third-order valence-corrected chi connectivity index (χ3v) is 4.86. The summed E-state index contributed by atoms with van der Waals surface area (Å²) in [6.45, 7) is 2.03. The minimum Gasteiger partial charge on any atom is -0.289 e. The fourth-order valence-electron chi connectivity index (χ4n) is 2.49. The van der Waals surface area contributed by atoms with Gasteiger partial charge in [0, 0.05) is 21.2 Å². The first-order chi connectivity index (χ1) is 12.1. The Bertz CT molecular complexity index is 830. The Morgan fingerprint density at radius 3 is 2.19 bits per heavy atom. The maximum atomic E-state index is 12.7. The molecule has 0 heterocycles. The Morgan fingerprint density at radius 1 is 1.08 bits per heavy atom. The van der Waals surface area contributed by atoms with Crippen LogP contribution in [0.25, 0.3) is 0 Å². The average molecular weight is 448 g/mol. The van der Waals surface area contributed by atoms with Gasteiger partial charge in [0.25, 0.3) is 5.24 Å². The van der Waals surface area contributed by atoms with E-state index in [1.165, 1.54) is 6.07 Å². The lowest BCUT2D eigenvalue weighted by Gasteiger charge is -2.12. The number of hydrogen-bond donors (Lipinski definition) is 0. The van der Waals surface area contributed by atoms with Crippen molar-refractivity contribution in [3.05, 3.63) is 68.7 Å². The van der Waals surface area contributed by atoms with Crippen molar-refractivity contribution in [3.63, 3.8) is 0 Å². The Morgan fingerprint density at radius 2 is 1.69 bits per heavy atom. The molecule has 0 saturated carbocycles. The fraction of sp³-hybridized carbons (Fsp3) is 0.263. The van der Waals surface area contributed by atoms with Crippen LogP contribution in [0.2, 0.25) is 0 Å². The van der Waals surface area contributed by atoms with E-state index in [2.05, 4.69) is 15.9 Å². The second kappa shape index (κ2) is 8.35. The number of ketones is 1. The highest BCUT2D eigenvalue weighted by atomic mass is 79.9. The van der Waals surface area contributed by atoms with Gasteiger partial charge in [0.2, 0.25) is 0 Å². The van der Waals surface area contributed by atoms with Crippen molar-refractivity contribution in [3.8, 4) is 0 Å². The first-order valence-corrected chi connectivity index (χ1v) is 9.06. The fourth-order valence-corrected chi connectivity index (χ4v) is 3.19. The molecule has 0 aliphatic heterocycles. The van der Waals surface area contributed by atoms with Crippen molar-refractivity contribution >= 4 is 38.6 Å². The van der Waals surface area contributed by atoms with Gasteiger partial charge in [0.1, 0.15) is 0 Å². The zero-order chi connectivity index (χ0) is 19.5. The first-order valence-electron chi connectivity index (χ1n) is 7.89. The van der Waals surface area contributed by atoms with Gasteiger partial charge in [-0.1, -0.05) is 41.4 Å². The molecule has 0 amide bonds. The van der Waals surface area contributed by atoms with Gasteiger partial charge in [0.05, 0.1) is 5.56 Å². The minimum atomic E-state index is -4.48. The second-order valence-corrected chi connectivity index (χ2v) is 6.97. The van der Waals surface area contributed by atoms with Crippen molar-refractivity contribution in [2.75, 3.05) is 0 Å². The van der Waals surface area contributed by atoms with E-state index in [1.807, 2.05) is 6.92 Å². The highest BCUT2D eigenvalue weighted by Crippen LogP contribution is 2.30. The summed E-state index contributed by atoms with van der Waals surface area (Å²) in [5.74, 6) is -0.564. The molecular formula is C19H15BrClF3O2. The minimum absolute atomic E-state index is 0.0466. The molecule has 0 aromatic heterocycles. The van der Waals surface area contributed by atoms with Crippen molar-refractivity contribution in [1.29, 1.82) is 0 Å². The molecule has 0 unspecified atom stereocenters. The van der Waals surface area contributed by atoms with E-state index in [1.54, 1.807) is 6.07 Å². The lowest BCUT2D eigenvalue weighted by molar-refractivity contribution is -0.137. The summed E-state index contributed by atoms with van der Waals surface area (Å²) in [4.78, 5) is 24.5. The normalized spacial score (nSPS) is 11.5. The first kappa shape index (κ1) is 20.6. The van der Waals surface area contributed by atoms with Crippen molar-refractivity contribution < 1.29 is 22.8 Å². The van der Waals surface area contributed by atoms with Gasteiger partial charge >= 0.3 is 6.18 Å². The lowest BCUT2D eigenvalue weighted by Crippen LogP contribution is -2.10. The summed E-state index contributed by atoms with van der Waals surface area (Å²) < 4.78 is 38.6. The molecule has 138 valence electrons. The SMILES string of the molecule is CCCCc1cc(C(=O)Cl)c(C(=O)c2ccc(C(F)(F)F)cc2)cc1Br. The summed E-state index contributed by atoms with van der Waals surface area (Å²) in [6.07, 6.45) is -1.91. The molecular weight excluding hydrogens is 433 g/mol. The van der Waals surface area contributed by atoms with Crippen LogP contribution in [0.5, 0.6) is 0 Å². The van der Waals surface area contributed by atoms with Gasteiger partial charge in [-0.05, 0) is 54.3 Å². The van der Waals surface area contributed by atoms with Gasteiger partial charge in [-0.25, -0.2) is 0 Å². The zero-order valence-electron chi connectivity index (χ0n) is 13.8. The summed E-state index contributed by atoms with van der Waals surface area (Å²) in [6, 6.07) is 6.91. The molecule has 0 aliphatic rings. The van der Waals surface area contributed by atoms with Crippen molar-refractivity contribution in [2.45, 2.75) is 32.4 Å². The molecule has 0 atom stereocenters. The predicted molar refractivity (Wildman–Crippen MR) is 97.8 cm³/mol. The predicted octanol–water partition coefficient (Wildman–Crippen LogP) is 6.42. The standard InChI is InChI=1S/C19H15BrClF3O2/c1-2-3-4-12-9-15(18(21)26)14(10-16(12)20)17(25)11-5-7-13(8-6-11)19(22,23)24/h5-10H,2-4H2,1H3. The number of carbonyl (C=O) groups excluding carboxylic acids is 2. The molecule has 0 fully saturated rings. The monoisotopic (exact) mass is 446 g/mol. The van der Waals surface area contributed by atoms with Crippen LogP contribution in [0.1, 0.15) is 57.2 Å². The van der Waals surface area contributed by atoms with Crippen molar-refractivity contribution in [2.24, 2.45) is 0 Å². The van der Waals surface area contributed by atoms with Crippen LogP contribution >= 0.6 is 27.5 Å². The van der Waals surface area contributed by atoms with Crippen LogP contribution < -0.4 is 0 Å². The molecule has 0 saturated heterocycles. The molecule has 0 radical (unpaired) electrons. The third kappa shape index (κ3) is 4.74. The van der Waals surface area contributed by atoms with Gasteiger partial charge in [-0.15, -0.1) is 0 Å². The number of alkyl halides is 3. The van der Waals surface area contributed by atoms with E-state index in [0.717, 1.165) is 42.7 Å². The molecule has 2 rings (SSSR count). The van der Waals surface area contributed by atoms with E-state index in [0.29, 0.717) is 10.9 Å². The van der Waals surface area contributed by atoms with Crippen LogP contribution in [0.15, 0.2) is 40.9 Å². The Balaban J connectivity index is 2.44. The van der Waals surface area contributed by atoms with E-state index >= 15 is 0 Å². The van der Waals surface area contributed by atoms with Crippen LogP contribution in [-0.2, 0) is 12.6 Å². The average Bonchev–Trinajstić information content (AvgIpc) is 2.59. The molecule has 7 heteroatoms. The number of aryl methyl sites for hydroxylation is 1. The Labute approximate surface area is 162 Å². The maximum Gasteiger partial charge on any atom is 0.416 e. The largest absolute Gasteiger partial charge is 0.416 e. The van der Waals surface area contributed by atoms with Crippen LogP contribution in [0, 0.1) is 0 Å². The molecule has 0 spiro atoms. The molecule has 2 aromatic carbocycles. The molecule has 0 N–H and O–H groups in total. The van der Waals surface area contributed by atoms with Gasteiger partial charge in [-0.2, -0.15) is 13.2 Å². The van der Waals surface area contributed by atoms with E-state index in [9.17, 15) is 22.8 Å². The summed E-state index contributed by atoms with van der Waals surface area (Å²) in [5.41, 5.74) is 0.145. The summed E-state index contributed by atoms with van der Waals surface area (Å²) >= 11 is 9.01. The van der Waals surface area contributed by atoms with Gasteiger partial charge in [-0.3, -0.25) is 9.59 Å². The number of hydrogen-bond acceptors (Lipinski definition) is 2. The topological polar surface area (TPSA) is 34.1 Å². The smallest absolute Gasteiger partial charge is 0.289 e. The third-order valence-electron chi connectivity index (χ3n) is 3.92. The highest BCUT2D eigenvalue weighted by molar-refractivity contribution is 9.10. The van der Waals surface area contributed by atoms with E-state index < -0.39 is 22.8 Å². The second-order valence-electron chi connectivity index (χ2n) is 5.77. The number of benzene rings is 2. The molecule has 2 nitrogen and oxygen atoms in total. The zero-order valence-corrected chi connectivity index (χ0v) is 16.1. The number of unbranched alkanes of at least 4 members (excludes halogenated alkanes) is 1. The van der Waals surface area contributed by atoms with Crippen LogP contribution in [0.3, 0.4) is 0 Å². The van der Waals surface area contributed by atoms with Gasteiger partial charge < -0.3 is 0 Å². The van der Waals surface area contributed by atoms with E-state index in [4.69, 9.17) is 11.6 Å². The number of carbonyl (C=O) groups is 2. The molecule has 0 bridgehead atoms. The molecule has 2 aromatic rings. The lowest BCUT2D eigenvalue weighted by atomic mass is 9.95. The van der Waals surface area contributed by atoms with Crippen LogP contribution in [-0.4, -0.2) is 11.0 Å². The van der Waals surface area contributed by atoms with Crippen LogP contribution in [0.4, 0.5) is 13.2 Å². The number of halogens is 5. The Hall–Kier alpha value is -1.66. The summed E-state index contributed by atoms with van der Waals surface area (Å²) in [5, 5.41) is -0.787. The molecule has 26 heavy (non-hydrogen) atoms. The highest BCUT2D eigenvalue weighted by Gasteiger charge is 2.30. The van der Waals surface area contributed by atoms with E-state index in [-0.39, 0.29) is 16.7 Å². The van der Waals surface area contributed by atoms with Crippen molar-refractivity contribution in [1.82, 2.24) is 0 Å². The maximum absolute atomic E-state index is 12.7.